The first-order valence-electron chi connectivity index (χ1n) is 15.4. The van der Waals surface area contributed by atoms with Crippen molar-refractivity contribution in [2.75, 3.05) is 36.4 Å². The SMILES string of the molecule is O=C(Nc1cc(C(=O)N2CCC(Cc3ccccc3)CC2)ccc1N1C[C@H]2C[C@@H](C1)c1cccc(=O)n1C2)c1ccc(Br)o1. The molecule has 3 aliphatic rings. The molecule has 5 heterocycles. The van der Waals surface area contributed by atoms with Gasteiger partial charge in [0.1, 0.15) is 0 Å². The fraction of sp³-hybridized carbons (Fsp3) is 0.343. The van der Waals surface area contributed by atoms with E-state index >= 15 is 0 Å². The minimum atomic E-state index is -0.377. The normalized spacial score (nSPS) is 19.8. The van der Waals surface area contributed by atoms with Gasteiger partial charge in [-0.2, -0.15) is 0 Å². The maximum atomic E-state index is 13.7. The predicted molar refractivity (Wildman–Crippen MR) is 173 cm³/mol. The Balaban J connectivity index is 1.12. The number of benzene rings is 2. The number of hydrogen-bond acceptors (Lipinski definition) is 5. The van der Waals surface area contributed by atoms with Crippen molar-refractivity contribution in [3.05, 3.63) is 116 Å². The highest BCUT2D eigenvalue weighted by Gasteiger charge is 2.35. The monoisotopic (exact) mass is 654 g/mol. The molecule has 9 heteroatoms. The van der Waals surface area contributed by atoms with Crippen LogP contribution in [0.3, 0.4) is 0 Å². The van der Waals surface area contributed by atoms with Gasteiger partial charge in [-0.1, -0.05) is 36.4 Å². The van der Waals surface area contributed by atoms with Crippen LogP contribution in [0.1, 0.15) is 57.4 Å². The van der Waals surface area contributed by atoms with Crippen molar-refractivity contribution in [1.29, 1.82) is 0 Å². The average molecular weight is 656 g/mol. The first kappa shape index (κ1) is 28.6. The molecule has 0 aliphatic carbocycles. The van der Waals surface area contributed by atoms with Crippen molar-refractivity contribution >= 4 is 39.1 Å². The topological polar surface area (TPSA) is 87.8 Å². The number of halogens is 1. The third kappa shape index (κ3) is 5.85. The number of nitrogens with zero attached hydrogens (tertiary/aromatic N) is 3. The molecular formula is C35H35BrN4O4. The van der Waals surface area contributed by atoms with Gasteiger partial charge in [0.05, 0.1) is 11.4 Å². The van der Waals surface area contributed by atoms with Crippen molar-refractivity contribution < 1.29 is 14.0 Å². The number of carbonyl (C=O) groups is 2. The van der Waals surface area contributed by atoms with Crippen LogP contribution < -0.4 is 15.8 Å². The molecule has 1 N–H and O–H groups in total. The molecule has 2 fully saturated rings. The van der Waals surface area contributed by atoms with Crippen LogP contribution >= 0.6 is 15.9 Å². The molecule has 7 rings (SSSR count). The van der Waals surface area contributed by atoms with E-state index in [0.717, 1.165) is 50.2 Å². The number of nitrogens with one attached hydrogen (secondary N) is 1. The zero-order chi connectivity index (χ0) is 30.2. The zero-order valence-corrected chi connectivity index (χ0v) is 26.0. The summed E-state index contributed by atoms with van der Waals surface area (Å²) < 4.78 is 7.91. The number of aromatic nitrogens is 1. The van der Waals surface area contributed by atoms with Crippen molar-refractivity contribution in [3.63, 3.8) is 0 Å². The number of pyridine rings is 1. The van der Waals surface area contributed by atoms with E-state index in [1.807, 2.05) is 45.9 Å². The zero-order valence-electron chi connectivity index (χ0n) is 24.5. The number of furan rings is 1. The number of piperidine rings is 2. The lowest BCUT2D eigenvalue weighted by Gasteiger charge is -2.44. The summed E-state index contributed by atoms with van der Waals surface area (Å²) in [5.41, 5.74) is 4.46. The Labute approximate surface area is 264 Å². The van der Waals surface area contributed by atoms with Gasteiger partial charge in [-0.05, 0) is 95.4 Å². The Kier molecular flexibility index (Phi) is 7.89. The Hall–Kier alpha value is -4.11. The number of carbonyl (C=O) groups excluding carboxylic acids is 2. The quantitative estimate of drug-likeness (QED) is 0.269. The van der Waals surface area contributed by atoms with Gasteiger partial charge in [-0.15, -0.1) is 0 Å². The van der Waals surface area contributed by atoms with Crippen LogP contribution in [0.4, 0.5) is 11.4 Å². The number of rotatable bonds is 6. The van der Waals surface area contributed by atoms with Crippen molar-refractivity contribution in [2.45, 2.75) is 38.1 Å². The van der Waals surface area contributed by atoms with Gasteiger partial charge >= 0.3 is 0 Å². The molecular weight excluding hydrogens is 620 g/mol. The number of fused-ring (bicyclic) bond motifs is 4. The summed E-state index contributed by atoms with van der Waals surface area (Å²) in [6.07, 6.45) is 4.00. The average Bonchev–Trinajstić information content (AvgIpc) is 3.48. The third-order valence-electron chi connectivity index (χ3n) is 9.38. The van der Waals surface area contributed by atoms with Crippen LogP contribution in [-0.4, -0.2) is 47.5 Å². The number of hydrogen-bond donors (Lipinski definition) is 1. The van der Waals surface area contributed by atoms with Gasteiger partial charge in [0.2, 0.25) is 0 Å². The third-order valence-corrected chi connectivity index (χ3v) is 9.80. The first-order chi connectivity index (χ1) is 21.4. The van der Waals surface area contributed by atoms with E-state index < -0.39 is 0 Å². The molecule has 8 nitrogen and oxygen atoms in total. The molecule has 226 valence electrons. The maximum Gasteiger partial charge on any atom is 0.291 e. The van der Waals surface area contributed by atoms with Gasteiger partial charge in [0, 0.05) is 56.0 Å². The molecule has 0 saturated carbocycles. The lowest BCUT2D eigenvalue weighted by Crippen LogP contribution is -2.47. The molecule has 0 unspecified atom stereocenters. The second-order valence-electron chi connectivity index (χ2n) is 12.3. The van der Waals surface area contributed by atoms with Crippen LogP contribution in [0.5, 0.6) is 0 Å². The highest BCUT2D eigenvalue weighted by molar-refractivity contribution is 9.10. The fourth-order valence-electron chi connectivity index (χ4n) is 7.23. The van der Waals surface area contributed by atoms with Crippen LogP contribution in [0, 0.1) is 11.8 Å². The molecule has 2 aromatic heterocycles. The van der Waals surface area contributed by atoms with Gasteiger partial charge in [0.25, 0.3) is 17.4 Å². The van der Waals surface area contributed by atoms with Crippen molar-refractivity contribution in [2.24, 2.45) is 11.8 Å². The summed E-state index contributed by atoms with van der Waals surface area (Å²) >= 11 is 3.28. The molecule has 2 bridgehead atoms. The molecule has 4 aromatic rings. The second kappa shape index (κ2) is 12.1. The molecule has 2 atom stereocenters. The Morgan fingerprint density at radius 1 is 0.909 bits per heavy atom. The maximum absolute atomic E-state index is 13.7. The van der Waals surface area contributed by atoms with Gasteiger partial charge in [-0.25, -0.2) is 0 Å². The Bertz CT molecular complexity index is 1740. The van der Waals surface area contributed by atoms with E-state index in [1.165, 1.54) is 5.56 Å². The van der Waals surface area contributed by atoms with E-state index in [9.17, 15) is 14.4 Å². The minimum Gasteiger partial charge on any atom is -0.444 e. The summed E-state index contributed by atoms with van der Waals surface area (Å²) in [5, 5.41) is 3.04. The molecule has 2 saturated heterocycles. The van der Waals surface area contributed by atoms with E-state index in [2.05, 4.69) is 50.4 Å². The molecule has 0 spiro atoms. The molecule has 44 heavy (non-hydrogen) atoms. The summed E-state index contributed by atoms with van der Waals surface area (Å²) in [7, 11) is 0. The smallest absolute Gasteiger partial charge is 0.291 e. The van der Waals surface area contributed by atoms with E-state index in [0.29, 0.717) is 47.4 Å². The largest absolute Gasteiger partial charge is 0.444 e. The number of anilines is 2. The van der Waals surface area contributed by atoms with Crippen LogP contribution in [0.2, 0.25) is 0 Å². The number of amides is 2. The predicted octanol–water partition coefficient (Wildman–Crippen LogP) is 6.17. The lowest BCUT2D eigenvalue weighted by atomic mass is 9.83. The van der Waals surface area contributed by atoms with Crippen molar-refractivity contribution in [3.8, 4) is 0 Å². The summed E-state index contributed by atoms with van der Waals surface area (Å²) in [6.45, 7) is 3.59. The first-order valence-corrected chi connectivity index (χ1v) is 16.2. The van der Waals surface area contributed by atoms with E-state index in [-0.39, 0.29) is 29.1 Å². The molecule has 2 aromatic carbocycles. The summed E-state index contributed by atoms with van der Waals surface area (Å²) in [6, 6.07) is 25.0. The van der Waals surface area contributed by atoms with Crippen LogP contribution in [0.25, 0.3) is 0 Å². The Morgan fingerprint density at radius 3 is 2.50 bits per heavy atom. The van der Waals surface area contributed by atoms with Gasteiger partial charge < -0.3 is 24.1 Å². The summed E-state index contributed by atoms with van der Waals surface area (Å²) in [4.78, 5) is 43.8. The van der Waals surface area contributed by atoms with E-state index in [1.54, 1.807) is 18.2 Å². The van der Waals surface area contributed by atoms with Crippen molar-refractivity contribution in [1.82, 2.24) is 9.47 Å². The number of likely N-dealkylation sites (tertiary alicyclic amines) is 1. The fourth-order valence-corrected chi connectivity index (χ4v) is 7.54. The minimum absolute atomic E-state index is 0.0187. The summed E-state index contributed by atoms with van der Waals surface area (Å²) in [5.74, 6) is 0.866. The Morgan fingerprint density at radius 2 is 1.73 bits per heavy atom. The molecule has 0 radical (unpaired) electrons. The second-order valence-corrected chi connectivity index (χ2v) is 13.1. The molecule has 3 aliphatic heterocycles. The van der Waals surface area contributed by atoms with Gasteiger partial charge in [-0.3, -0.25) is 14.4 Å². The highest BCUT2D eigenvalue weighted by Crippen LogP contribution is 2.39. The van der Waals surface area contributed by atoms with Gasteiger partial charge in [0.15, 0.2) is 10.4 Å². The lowest BCUT2D eigenvalue weighted by molar-refractivity contribution is 0.0690. The van der Waals surface area contributed by atoms with E-state index in [4.69, 9.17) is 4.42 Å². The standard InChI is InChI=1S/C35H35BrN4O4/c36-32-12-11-31(44-32)34(42)37-28-19-26(35(43)38-15-13-24(14-16-38)17-23-5-2-1-3-6-23)9-10-30(28)39-20-25-18-27(22-39)29-7-4-8-33(41)40(29)21-25/h1-12,19,24-25,27H,13-18,20-22H2,(H,37,42)/t25-,27+/m1/s1. The molecule has 2 amide bonds. The van der Waals surface area contributed by atoms with Crippen LogP contribution in [-0.2, 0) is 13.0 Å². The highest BCUT2D eigenvalue weighted by atomic mass is 79.9. The van der Waals surface area contributed by atoms with Crippen LogP contribution in [0.15, 0.2) is 92.7 Å².